The fourth-order valence-corrected chi connectivity index (χ4v) is 8.37. The summed E-state index contributed by atoms with van der Waals surface area (Å²) in [4.78, 5) is 35.6. The molecule has 2 N–H and O–H groups in total. The molecule has 144 valence electrons. The molecule has 0 aromatic heterocycles. The molecule has 1 saturated heterocycles. The summed E-state index contributed by atoms with van der Waals surface area (Å²) in [5, 5.41) is 4.57. The zero-order valence-electron chi connectivity index (χ0n) is 14.8. The smallest absolute Gasteiger partial charge is 0.321 e. The number of amides is 3. The van der Waals surface area contributed by atoms with Crippen molar-refractivity contribution in [3.05, 3.63) is 12.7 Å². The quantitative estimate of drug-likeness (QED) is 0.547. The fraction of sp³-hybridized carbons (Fsp3) is 0.722. The molecule has 2 atom stereocenters. The number of nitrogens with one attached hydrogen (secondary N) is 2. The Labute approximate surface area is 162 Å². The molecule has 0 aromatic carbocycles. The fourth-order valence-electron chi connectivity index (χ4n) is 4.43. The number of urea groups is 1. The van der Waals surface area contributed by atoms with Gasteiger partial charge >= 0.3 is 12.0 Å². The van der Waals surface area contributed by atoms with E-state index in [9.17, 15) is 14.4 Å². The molecule has 2 saturated carbocycles. The molecule has 6 nitrogen and oxygen atoms in total. The highest BCUT2D eigenvalue weighted by atomic mass is 32.2. The van der Waals surface area contributed by atoms with Crippen molar-refractivity contribution < 1.29 is 19.1 Å². The maximum Gasteiger partial charge on any atom is 0.321 e. The van der Waals surface area contributed by atoms with Crippen molar-refractivity contribution in [3.8, 4) is 0 Å². The largest absolute Gasteiger partial charge is 0.455 e. The highest BCUT2D eigenvalue weighted by Crippen LogP contribution is 2.64. The van der Waals surface area contributed by atoms with E-state index in [1.165, 1.54) is 36.8 Å². The van der Waals surface area contributed by atoms with Crippen LogP contribution in [-0.4, -0.2) is 46.6 Å². The van der Waals surface area contributed by atoms with E-state index in [4.69, 9.17) is 4.74 Å². The van der Waals surface area contributed by atoms with Crippen molar-refractivity contribution in [1.29, 1.82) is 0 Å². The first-order chi connectivity index (χ1) is 12.5. The van der Waals surface area contributed by atoms with Crippen LogP contribution in [0, 0.1) is 17.8 Å². The lowest BCUT2D eigenvalue weighted by Gasteiger charge is -2.51. The summed E-state index contributed by atoms with van der Waals surface area (Å²) in [6, 6.07) is -0.615. The molecule has 0 radical (unpaired) electrons. The molecule has 26 heavy (non-hydrogen) atoms. The molecule has 1 aliphatic heterocycles. The number of ether oxygens (including phenoxy) is 1. The lowest BCUT2D eigenvalue weighted by atomic mass is 9.67. The Balaban J connectivity index is 1.48. The van der Waals surface area contributed by atoms with Gasteiger partial charge in [0.1, 0.15) is 0 Å². The van der Waals surface area contributed by atoms with Crippen LogP contribution in [0.5, 0.6) is 0 Å². The van der Waals surface area contributed by atoms with Crippen LogP contribution in [0.3, 0.4) is 0 Å². The molecule has 3 fully saturated rings. The van der Waals surface area contributed by atoms with Crippen LogP contribution < -0.4 is 10.6 Å². The Morgan fingerprint density at radius 2 is 1.81 bits per heavy atom. The molecule has 3 aliphatic rings. The summed E-state index contributed by atoms with van der Waals surface area (Å²) in [6.45, 7) is 3.32. The van der Waals surface area contributed by atoms with E-state index in [2.05, 4.69) is 40.7 Å². The molecule has 0 aromatic rings. The predicted octanol–water partition coefficient (Wildman–Crippen LogP) is 2.54. The van der Waals surface area contributed by atoms with Crippen LogP contribution in [0.2, 0.25) is 0 Å². The van der Waals surface area contributed by atoms with Gasteiger partial charge in [-0.15, -0.1) is 30.1 Å². The Kier molecular flexibility index (Phi) is 6.55. The van der Waals surface area contributed by atoms with Gasteiger partial charge in [-0.25, -0.2) is 4.79 Å². The van der Waals surface area contributed by atoms with Gasteiger partial charge in [0, 0.05) is 18.1 Å². The maximum atomic E-state index is 12.5. The van der Waals surface area contributed by atoms with Gasteiger partial charge in [-0.3, -0.25) is 14.9 Å². The van der Waals surface area contributed by atoms with Gasteiger partial charge in [-0.05, 0) is 37.5 Å². The number of imide groups is 1. The van der Waals surface area contributed by atoms with Gasteiger partial charge in [0.25, 0.3) is 5.91 Å². The van der Waals surface area contributed by atoms with E-state index < -0.39 is 18.5 Å². The van der Waals surface area contributed by atoms with Crippen molar-refractivity contribution in [2.24, 2.45) is 17.8 Å². The number of hydrogen-bond donors (Lipinski definition) is 2. The van der Waals surface area contributed by atoms with Crippen LogP contribution in [0.25, 0.3) is 0 Å². The Morgan fingerprint density at radius 3 is 2.42 bits per heavy atom. The molecule has 3 amide bonds. The van der Waals surface area contributed by atoms with E-state index >= 15 is 0 Å². The van der Waals surface area contributed by atoms with Gasteiger partial charge in [0.2, 0.25) is 0 Å². The Bertz CT molecular complexity index is 562. The van der Waals surface area contributed by atoms with Crippen LogP contribution in [0.4, 0.5) is 4.79 Å². The van der Waals surface area contributed by atoms with Crippen molar-refractivity contribution in [1.82, 2.24) is 10.6 Å². The molecule has 2 aliphatic carbocycles. The molecular formula is C18H26N2O4S2. The topological polar surface area (TPSA) is 84.5 Å². The number of thioether (sulfide) groups is 2. The number of carbonyl (C=O) groups is 3. The third kappa shape index (κ3) is 4.22. The van der Waals surface area contributed by atoms with E-state index in [1.54, 1.807) is 0 Å². The molecule has 2 unspecified atom stereocenters. The minimum Gasteiger partial charge on any atom is -0.455 e. The van der Waals surface area contributed by atoms with Gasteiger partial charge in [-0.1, -0.05) is 12.5 Å². The number of hydrogen-bond acceptors (Lipinski definition) is 6. The molecular weight excluding hydrogens is 372 g/mol. The third-order valence-corrected chi connectivity index (χ3v) is 9.48. The SMILES string of the molecule is C=CCNC(=O)NC(=O)COC(=O)C1CC2CCCC(C1)C21SCCS1. The normalized spacial score (nSPS) is 29.0. The van der Waals surface area contributed by atoms with Crippen LogP contribution in [0.1, 0.15) is 32.1 Å². The summed E-state index contributed by atoms with van der Waals surface area (Å²) in [5.41, 5.74) is 0. The van der Waals surface area contributed by atoms with Gasteiger partial charge in [0.15, 0.2) is 6.61 Å². The van der Waals surface area contributed by atoms with Crippen molar-refractivity contribution in [2.75, 3.05) is 24.7 Å². The lowest BCUT2D eigenvalue weighted by molar-refractivity contribution is -0.155. The highest BCUT2D eigenvalue weighted by molar-refractivity contribution is 8.21. The summed E-state index contributed by atoms with van der Waals surface area (Å²) < 4.78 is 5.52. The molecule has 2 bridgehead atoms. The molecule has 3 rings (SSSR count). The monoisotopic (exact) mass is 398 g/mol. The second-order valence-corrected chi connectivity index (χ2v) is 10.1. The van der Waals surface area contributed by atoms with Crippen molar-refractivity contribution in [2.45, 2.75) is 36.2 Å². The summed E-state index contributed by atoms with van der Waals surface area (Å²) in [6.07, 6.45) is 6.85. The van der Waals surface area contributed by atoms with Gasteiger partial charge < -0.3 is 10.1 Å². The first-order valence-electron chi connectivity index (χ1n) is 9.18. The zero-order chi connectivity index (χ0) is 18.6. The minimum atomic E-state index is -0.616. The van der Waals surface area contributed by atoms with Gasteiger partial charge in [-0.2, -0.15) is 0 Å². The number of carbonyl (C=O) groups excluding carboxylic acids is 3. The lowest BCUT2D eigenvalue weighted by Crippen LogP contribution is -2.48. The zero-order valence-corrected chi connectivity index (χ0v) is 16.5. The molecule has 1 spiro atoms. The van der Waals surface area contributed by atoms with E-state index in [0.717, 1.165) is 12.8 Å². The average molecular weight is 399 g/mol. The van der Waals surface area contributed by atoms with Crippen LogP contribution in [0.15, 0.2) is 12.7 Å². The summed E-state index contributed by atoms with van der Waals surface area (Å²) in [5.74, 6) is 2.50. The first-order valence-corrected chi connectivity index (χ1v) is 11.2. The standard InChI is InChI=1S/C18H26N2O4S2/c1-2-6-19-17(23)20-15(21)11-24-16(22)12-9-13-4-3-5-14(10-12)18(13)25-7-8-26-18/h2,12-14H,1,3-11H2,(H2,19,20,21,23). The highest BCUT2D eigenvalue weighted by Gasteiger charge is 2.55. The second kappa shape index (κ2) is 8.69. The summed E-state index contributed by atoms with van der Waals surface area (Å²) in [7, 11) is 0. The second-order valence-electron chi connectivity index (χ2n) is 7.07. The molecule has 8 heteroatoms. The van der Waals surface area contributed by atoms with Crippen molar-refractivity contribution in [3.63, 3.8) is 0 Å². The van der Waals surface area contributed by atoms with Gasteiger partial charge in [0.05, 0.1) is 10.00 Å². The van der Waals surface area contributed by atoms with E-state index in [-0.39, 0.29) is 18.4 Å². The number of esters is 1. The Hall–Kier alpha value is -1.15. The van der Waals surface area contributed by atoms with Crippen LogP contribution >= 0.6 is 23.5 Å². The molecule has 1 heterocycles. The third-order valence-electron chi connectivity index (χ3n) is 5.46. The van der Waals surface area contributed by atoms with E-state index in [0.29, 0.717) is 15.9 Å². The minimum absolute atomic E-state index is 0.125. The summed E-state index contributed by atoms with van der Waals surface area (Å²) >= 11 is 4.20. The first kappa shape index (κ1) is 19.6. The Morgan fingerprint density at radius 1 is 1.15 bits per heavy atom. The number of rotatable bonds is 5. The predicted molar refractivity (Wildman–Crippen MR) is 104 cm³/mol. The van der Waals surface area contributed by atoms with Crippen molar-refractivity contribution >= 4 is 41.4 Å². The van der Waals surface area contributed by atoms with E-state index in [1.807, 2.05) is 0 Å². The van der Waals surface area contributed by atoms with Crippen LogP contribution in [-0.2, 0) is 14.3 Å². The maximum absolute atomic E-state index is 12.5. The average Bonchev–Trinajstić information content (AvgIpc) is 3.07.